The maximum Gasteiger partial charge on any atom is 0.224 e. The number of hydrogen-bond donors (Lipinski definition) is 2. The summed E-state index contributed by atoms with van der Waals surface area (Å²) in [4.78, 5) is 11.7. The molecule has 3 N–H and O–H groups in total. The van der Waals surface area contributed by atoms with E-state index in [1.54, 1.807) is 0 Å². The van der Waals surface area contributed by atoms with Gasteiger partial charge >= 0.3 is 0 Å². The molecule has 0 spiro atoms. The molecule has 4 heteroatoms. The summed E-state index contributed by atoms with van der Waals surface area (Å²) >= 11 is 0. The Balaban J connectivity index is 2.27. The first-order valence-corrected chi connectivity index (χ1v) is 7.38. The molecule has 0 aromatic heterocycles. The summed E-state index contributed by atoms with van der Waals surface area (Å²) in [6.45, 7) is 4.71. The number of ether oxygens (including phenoxy) is 1. The lowest BCUT2D eigenvalue weighted by Crippen LogP contribution is -2.11. The smallest absolute Gasteiger partial charge is 0.224 e. The van der Waals surface area contributed by atoms with Crippen LogP contribution >= 0.6 is 0 Å². The van der Waals surface area contributed by atoms with E-state index in [1.807, 2.05) is 38.1 Å². The van der Waals surface area contributed by atoms with Crippen molar-refractivity contribution in [1.82, 2.24) is 0 Å². The second-order valence-electron chi connectivity index (χ2n) is 5.19. The van der Waals surface area contributed by atoms with Crippen molar-refractivity contribution < 1.29 is 9.53 Å². The third kappa shape index (κ3) is 7.14. The average molecular weight is 278 g/mol. The van der Waals surface area contributed by atoms with E-state index in [0.29, 0.717) is 6.42 Å². The van der Waals surface area contributed by atoms with Crippen LogP contribution in [0.2, 0.25) is 0 Å². The SMILES string of the molecule is CC(C)Oc1ccc(NC(=O)CCCCCCN)cc1. The number of nitrogens with one attached hydrogen (secondary N) is 1. The molecule has 1 amide bonds. The summed E-state index contributed by atoms with van der Waals surface area (Å²) in [5, 5.41) is 2.89. The highest BCUT2D eigenvalue weighted by Gasteiger charge is 2.03. The fraction of sp³-hybridized carbons (Fsp3) is 0.562. The standard InChI is InChI=1S/C16H26N2O2/c1-13(2)20-15-10-8-14(9-11-15)18-16(19)7-5-3-4-6-12-17/h8-11,13H,3-7,12,17H2,1-2H3,(H,18,19). The van der Waals surface area contributed by atoms with E-state index in [1.165, 1.54) is 0 Å². The lowest BCUT2D eigenvalue weighted by molar-refractivity contribution is -0.116. The molecule has 0 aliphatic carbocycles. The Hall–Kier alpha value is -1.55. The Bertz CT molecular complexity index is 388. The Morgan fingerprint density at radius 2 is 1.80 bits per heavy atom. The topological polar surface area (TPSA) is 64.3 Å². The third-order valence-electron chi connectivity index (χ3n) is 2.87. The highest BCUT2D eigenvalue weighted by molar-refractivity contribution is 5.90. The van der Waals surface area contributed by atoms with Crippen LogP contribution in [0.5, 0.6) is 5.75 Å². The van der Waals surface area contributed by atoms with Crippen LogP contribution in [-0.4, -0.2) is 18.6 Å². The molecule has 0 saturated heterocycles. The first kappa shape index (κ1) is 16.5. The van der Waals surface area contributed by atoms with Crippen LogP contribution in [-0.2, 0) is 4.79 Å². The number of nitrogens with two attached hydrogens (primary N) is 1. The fourth-order valence-corrected chi connectivity index (χ4v) is 1.90. The van der Waals surface area contributed by atoms with Crippen molar-refractivity contribution in [3.8, 4) is 5.75 Å². The molecule has 0 radical (unpaired) electrons. The second kappa shape index (κ2) is 9.37. The summed E-state index contributed by atoms with van der Waals surface area (Å²) in [6, 6.07) is 7.47. The number of rotatable bonds is 9. The summed E-state index contributed by atoms with van der Waals surface area (Å²) < 4.78 is 5.55. The van der Waals surface area contributed by atoms with Crippen LogP contribution in [0.25, 0.3) is 0 Å². The number of carbonyl (C=O) groups is 1. The maximum absolute atomic E-state index is 11.7. The quantitative estimate of drug-likeness (QED) is 0.681. The van der Waals surface area contributed by atoms with Crippen LogP contribution in [0.3, 0.4) is 0 Å². The first-order chi connectivity index (χ1) is 9.61. The third-order valence-corrected chi connectivity index (χ3v) is 2.87. The van der Waals surface area contributed by atoms with E-state index in [-0.39, 0.29) is 12.0 Å². The predicted octanol–water partition coefficient (Wildman–Crippen LogP) is 3.32. The van der Waals surface area contributed by atoms with Gasteiger partial charge in [-0.05, 0) is 57.5 Å². The molecule has 0 aliphatic rings. The number of amides is 1. The van der Waals surface area contributed by atoms with Gasteiger partial charge in [0.2, 0.25) is 5.91 Å². The zero-order valence-corrected chi connectivity index (χ0v) is 12.5. The van der Waals surface area contributed by atoms with Crippen molar-refractivity contribution in [2.45, 2.75) is 52.1 Å². The van der Waals surface area contributed by atoms with E-state index in [4.69, 9.17) is 10.5 Å². The number of benzene rings is 1. The van der Waals surface area contributed by atoms with E-state index >= 15 is 0 Å². The minimum absolute atomic E-state index is 0.0651. The molecular formula is C16H26N2O2. The fourth-order valence-electron chi connectivity index (χ4n) is 1.90. The normalized spacial score (nSPS) is 10.6. The lowest BCUT2D eigenvalue weighted by atomic mass is 10.1. The van der Waals surface area contributed by atoms with Crippen molar-refractivity contribution in [3.63, 3.8) is 0 Å². The Kier molecular flexibility index (Phi) is 7.73. The molecule has 0 heterocycles. The van der Waals surface area contributed by atoms with Crippen molar-refractivity contribution in [3.05, 3.63) is 24.3 Å². The van der Waals surface area contributed by atoms with Crippen molar-refractivity contribution in [2.75, 3.05) is 11.9 Å². The minimum atomic E-state index is 0.0651. The van der Waals surface area contributed by atoms with Gasteiger partial charge in [0.05, 0.1) is 6.10 Å². The highest BCUT2D eigenvalue weighted by atomic mass is 16.5. The Labute approximate surface area is 121 Å². The van der Waals surface area contributed by atoms with Crippen LogP contribution in [0, 0.1) is 0 Å². The van der Waals surface area contributed by atoms with E-state index < -0.39 is 0 Å². The molecular weight excluding hydrogens is 252 g/mol. The highest BCUT2D eigenvalue weighted by Crippen LogP contribution is 2.17. The molecule has 20 heavy (non-hydrogen) atoms. The number of hydrogen-bond acceptors (Lipinski definition) is 3. The second-order valence-corrected chi connectivity index (χ2v) is 5.19. The molecule has 112 valence electrons. The number of carbonyl (C=O) groups excluding carboxylic acids is 1. The largest absolute Gasteiger partial charge is 0.491 e. The van der Waals surface area contributed by atoms with Gasteiger partial charge in [0.15, 0.2) is 0 Å². The van der Waals surface area contributed by atoms with E-state index in [0.717, 1.165) is 43.7 Å². The summed E-state index contributed by atoms with van der Waals surface area (Å²) in [5.41, 5.74) is 6.24. The van der Waals surface area contributed by atoms with Crippen LogP contribution in [0.15, 0.2) is 24.3 Å². The van der Waals surface area contributed by atoms with Gasteiger partial charge in [-0.25, -0.2) is 0 Å². The molecule has 4 nitrogen and oxygen atoms in total. The average Bonchev–Trinajstić information content (AvgIpc) is 2.40. The van der Waals surface area contributed by atoms with Gasteiger partial charge in [-0.2, -0.15) is 0 Å². The molecule has 0 atom stereocenters. The molecule has 0 aliphatic heterocycles. The maximum atomic E-state index is 11.7. The van der Waals surface area contributed by atoms with Gasteiger partial charge < -0.3 is 15.8 Å². The number of unbranched alkanes of at least 4 members (excludes halogenated alkanes) is 3. The van der Waals surface area contributed by atoms with E-state index in [2.05, 4.69) is 5.32 Å². The first-order valence-electron chi connectivity index (χ1n) is 7.38. The van der Waals surface area contributed by atoms with Crippen molar-refractivity contribution in [1.29, 1.82) is 0 Å². The molecule has 0 unspecified atom stereocenters. The predicted molar refractivity (Wildman–Crippen MR) is 83.0 cm³/mol. The van der Waals surface area contributed by atoms with Crippen molar-refractivity contribution in [2.24, 2.45) is 5.73 Å². The Morgan fingerprint density at radius 3 is 2.40 bits per heavy atom. The zero-order chi connectivity index (χ0) is 14.8. The van der Waals surface area contributed by atoms with Crippen molar-refractivity contribution >= 4 is 11.6 Å². The molecule has 1 aromatic rings. The molecule has 1 aromatic carbocycles. The Morgan fingerprint density at radius 1 is 1.15 bits per heavy atom. The summed E-state index contributed by atoms with van der Waals surface area (Å²) in [6.07, 6.45) is 4.84. The monoisotopic (exact) mass is 278 g/mol. The van der Waals surface area contributed by atoms with Gasteiger partial charge in [-0.3, -0.25) is 4.79 Å². The molecule has 1 rings (SSSR count). The summed E-state index contributed by atoms with van der Waals surface area (Å²) in [7, 11) is 0. The van der Waals surface area contributed by atoms with Crippen LogP contribution in [0.1, 0.15) is 46.0 Å². The van der Waals surface area contributed by atoms with Gasteiger partial charge in [-0.15, -0.1) is 0 Å². The van der Waals surface area contributed by atoms with Gasteiger partial charge in [0, 0.05) is 12.1 Å². The van der Waals surface area contributed by atoms with Crippen LogP contribution in [0.4, 0.5) is 5.69 Å². The van der Waals surface area contributed by atoms with E-state index in [9.17, 15) is 4.79 Å². The lowest BCUT2D eigenvalue weighted by Gasteiger charge is -2.10. The number of anilines is 1. The molecule has 0 bridgehead atoms. The minimum Gasteiger partial charge on any atom is -0.491 e. The molecule has 0 fully saturated rings. The van der Waals surface area contributed by atoms with Gasteiger partial charge in [0.1, 0.15) is 5.75 Å². The van der Waals surface area contributed by atoms with Gasteiger partial charge in [-0.1, -0.05) is 12.8 Å². The van der Waals surface area contributed by atoms with Crippen LogP contribution < -0.4 is 15.8 Å². The molecule has 0 saturated carbocycles. The summed E-state index contributed by atoms with van der Waals surface area (Å²) in [5.74, 6) is 0.884. The zero-order valence-electron chi connectivity index (χ0n) is 12.5. The van der Waals surface area contributed by atoms with Gasteiger partial charge in [0.25, 0.3) is 0 Å².